The average Bonchev–Trinajstić information content (AvgIpc) is 2.27. The first-order valence-corrected chi connectivity index (χ1v) is 6.42. The van der Waals surface area contributed by atoms with Crippen molar-refractivity contribution in [2.24, 2.45) is 0 Å². The van der Waals surface area contributed by atoms with Gasteiger partial charge in [0.05, 0.1) is 6.54 Å². The number of hydrogen-bond acceptors (Lipinski definition) is 2. The highest BCUT2D eigenvalue weighted by Crippen LogP contribution is 2.24. The topological polar surface area (TPSA) is 41.1 Å². The number of amides is 1. The SMILES string of the molecule is CNCC(=O)NCC(C)(C)c1cccc(Br)c1.Cl. The van der Waals surface area contributed by atoms with Crippen LogP contribution < -0.4 is 10.6 Å². The van der Waals surface area contributed by atoms with Gasteiger partial charge in [0.1, 0.15) is 0 Å². The molecule has 0 saturated carbocycles. The number of nitrogens with one attached hydrogen (secondary N) is 2. The third kappa shape index (κ3) is 5.38. The minimum absolute atomic E-state index is 0. The van der Waals surface area contributed by atoms with Crippen molar-refractivity contribution in [3.8, 4) is 0 Å². The largest absolute Gasteiger partial charge is 0.354 e. The highest BCUT2D eigenvalue weighted by molar-refractivity contribution is 9.10. The van der Waals surface area contributed by atoms with E-state index in [1.165, 1.54) is 5.56 Å². The summed E-state index contributed by atoms with van der Waals surface area (Å²) >= 11 is 3.46. The third-order valence-corrected chi connectivity index (χ3v) is 3.16. The minimum atomic E-state index is -0.0762. The van der Waals surface area contributed by atoms with Crippen LogP contribution in [-0.2, 0) is 10.2 Å². The molecule has 102 valence electrons. The summed E-state index contributed by atoms with van der Waals surface area (Å²) in [6.45, 7) is 5.22. The molecule has 0 spiro atoms. The monoisotopic (exact) mass is 334 g/mol. The van der Waals surface area contributed by atoms with E-state index in [-0.39, 0.29) is 23.7 Å². The van der Waals surface area contributed by atoms with Crippen LogP contribution in [0.25, 0.3) is 0 Å². The molecular formula is C13H20BrClN2O. The van der Waals surface area contributed by atoms with Gasteiger partial charge in [-0.3, -0.25) is 4.79 Å². The number of benzene rings is 1. The lowest BCUT2D eigenvalue weighted by Gasteiger charge is -2.26. The first kappa shape index (κ1) is 17.4. The molecule has 3 nitrogen and oxygen atoms in total. The normalized spacial score (nSPS) is 10.7. The van der Waals surface area contributed by atoms with Crippen molar-refractivity contribution in [3.05, 3.63) is 34.3 Å². The van der Waals surface area contributed by atoms with Crippen molar-refractivity contribution in [2.75, 3.05) is 20.1 Å². The van der Waals surface area contributed by atoms with Crippen LogP contribution in [0.4, 0.5) is 0 Å². The lowest BCUT2D eigenvalue weighted by atomic mass is 9.84. The van der Waals surface area contributed by atoms with E-state index in [4.69, 9.17) is 0 Å². The summed E-state index contributed by atoms with van der Waals surface area (Å²) in [5, 5.41) is 5.76. The van der Waals surface area contributed by atoms with Gasteiger partial charge in [-0.25, -0.2) is 0 Å². The van der Waals surface area contributed by atoms with Crippen molar-refractivity contribution in [1.29, 1.82) is 0 Å². The van der Waals surface area contributed by atoms with E-state index in [1.807, 2.05) is 12.1 Å². The number of carbonyl (C=O) groups is 1. The molecule has 0 fully saturated rings. The van der Waals surface area contributed by atoms with Gasteiger partial charge in [0.25, 0.3) is 0 Å². The summed E-state index contributed by atoms with van der Waals surface area (Å²) in [6, 6.07) is 8.18. The molecule has 0 heterocycles. The molecule has 0 aliphatic rings. The average molecular weight is 336 g/mol. The van der Waals surface area contributed by atoms with Crippen LogP contribution in [0.3, 0.4) is 0 Å². The van der Waals surface area contributed by atoms with Gasteiger partial charge in [-0.2, -0.15) is 0 Å². The summed E-state index contributed by atoms with van der Waals surface area (Å²) in [5.41, 5.74) is 1.13. The van der Waals surface area contributed by atoms with Crippen LogP contribution in [0.1, 0.15) is 19.4 Å². The molecule has 2 N–H and O–H groups in total. The van der Waals surface area contributed by atoms with E-state index < -0.39 is 0 Å². The highest BCUT2D eigenvalue weighted by atomic mass is 79.9. The molecule has 0 aliphatic carbocycles. The Balaban J connectivity index is 0.00000289. The second-order valence-electron chi connectivity index (χ2n) is 4.70. The Hall–Kier alpha value is -0.580. The molecular weight excluding hydrogens is 316 g/mol. The zero-order valence-electron chi connectivity index (χ0n) is 10.9. The van der Waals surface area contributed by atoms with Crippen LogP contribution in [-0.4, -0.2) is 26.0 Å². The second-order valence-corrected chi connectivity index (χ2v) is 5.62. The first-order chi connectivity index (χ1) is 7.95. The summed E-state index contributed by atoms with van der Waals surface area (Å²) in [5.74, 6) is 0.0237. The van der Waals surface area contributed by atoms with Gasteiger partial charge in [-0.1, -0.05) is 41.9 Å². The summed E-state index contributed by atoms with van der Waals surface area (Å²) in [4.78, 5) is 11.4. The molecule has 0 aromatic heterocycles. The Kier molecular flexibility index (Phi) is 7.52. The molecule has 5 heteroatoms. The summed E-state index contributed by atoms with van der Waals surface area (Å²) in [7, 11) is 1.76. The Bertz CT molecular complexity index is 396. The Morgan fingerprint density at radius 1 is 1.39 bits per heavy atom. The Labute approximate surface area is 123 Å². The van der Waals surface area contributed by atoms with E-state index in [0.717, 1.165) is 4.47 Å². The number of rotatable bonds is 5. The Morgan fingerprint density at radius 2 is 2.06 bits per heavy atom. The highest BCUT2D eigenvalue weighted by Gasteiger charge is 2.21. The minimum Gasteiger partial charge on any atom is -0.354 e. The van der Waals surface area contributed by atoms with Gasteiger partial charge in [-0.15, -0.1) is 12.4 Å². The van der Waals surface area contributed by atoms with Gasteiger partial charge in [-0.05, 0) is 24.7 Å². The van der Waals surface area contributed by atoms with Crippen molar-refractivity contribution in [3.63, 3.8) is 0 Å². The number of halogens is 2. The first-order valence-electron chi connectivity index (χ1n) is 5.63. The molecule has 1 rings (SSSR count). The van der Waals surface area contributed by atoms with Crippen LogP contribution >= 0.6 is 28.3 Å². The Morgan fingerprint density at radius 3 is 2.61 bits per heavy atom. The number of likely N-dealkylation sites (N-methyl/N-ethyl adjacent to an activating group) is 1. The zero-order chi connectivity index (χ0) is 12.9. The fourth-order valence-electron chi connectivity index (χ4n) is 1.55. The molecule has 18 heavy (non-hydrogen) atoms. The van der Waals surface area contributed by atoms with E-state index >= 15 is 0 Å². The van der Waals surface area contributed by atoms with Crippen LogP contribution in [0.2, 0.25) is 0 Å². The third-order valence-electron chi connectivity index (χ3n) is 2.67. The lowest BCUT2D eigenvalue weighted by Crippen LogP contribution is -2.40. The van der Waals surface area contributed by atoms with E-state index in [0.29, 0.717) is 13.1 Å². The van der Waals surface area contributed by atoms with Crippen molar-refractivity contribution >= 4 is 34.2 Å². The predicted molar refractivity (Wildman–Crippen MR) is 81.4 cm³/mol. The maximum absolute atomic E-state index is 11.4. The van der Waals surface area contributed by atoms with Gasteiger partial charge >= 0.3 is 0 Å². The predicted octanol–water partition coefficient (Wildman–Crippen LogP) is 2.48. The molecule has 0 unspecified atom stereocenters. The summed E-state index contributed by atoms with van der Waals surface area (Å²) < 4.78 is 1.06. The van der Waals surface area contributed by atoms with Crippen LogP contribution in [0, 0.1) is 0 Å². The standard InChI is InChI=1S/C13H19BrN2O.ClH/c1-13(2,9-16-12(17)8-15-3)10-5-4-6-11(14)7-10;/h4-7,15H,8-9H2,1-3H3,(H,16,17);1H. The molecule has 1 amide bonds. The number of hydrogen-bond donors (Lipinski definition) is 2. The van der Waals surface area contributed by atoms with Gasteiger partial charge < -0.3 is 10.6 Å². The lowest BCUT2D eigenvalue weighted by molar-refractivity contribution is -0.120. The maximum Gasteiger partial charge on any atom is 0.233 e. The van der Waals surface area contributed by atoms with Gasteiger partial charge in [0.2, 0.25) is 5.91 Å². The van der Waals surface area contributed by atoms with Gasteiger partial charge in [0.15, 0.2) is 0 Å². The molecule has 0 atom stereocenters. The zero-order valence-corrected chi connectivity index (χ0v) is 13.3. The molecule has 0 bridgehead atoms. The molecule has 1 aromatic rings. The quantitative estimate of drug-likeness (QED) is 0.868. The van der Waals surface area contributed by atoms with Crippen molar-refractivity contribution in [2.45, 2.75) is 19.3 Å². The molecule has 0 aliphatic heterocycles. The number of carbonyl (C=O) groups excluding carboxylic acids is 1. The van der Waals surface area contributed by atoms with E-state index in [2.05, 4.69) is 52.5 Å². The van der Waals surface area contributed by atoms with E-state index in [1.54, 1.807) is 7.05 Å². The van der Waals surface area contributed by atoms with Crippen molar-refractivity contribution < 1.29 is 4.79 Å². The maximum atomic E-state index is 11.4. The second kappa shape index (κ2) is 7.77. The fraction of sp³-hybridized carbons (Fsp3) is 0.462. The molecule has 0 saturated heterocycles. The summed E-state index contributed by atoms with van der Waals surface area (Å²) in [6.07, 6.45) is 0. The van der Waals surface area contributed by atoms with Gasteiger partial charge in [0, 0.05) is 16.4 Å². The smallest absolute Gasteiger partial charge is 0.233 e. The van der Waals surface area contributed by atoms with Crippen molar-refractivity contribution in [1.82, 2.24) is 10.6 Å². The van der Waals surface area contributed by atoms with Crippen LogP contribution in [0.15, 0.2) is 28.7 Å². The fourth-order valence-corrected chi connectivity index (χ4v) is 1.95. The van der Waals surface area contributed by atoms with E-state index in [9.17, 15) is 4.79 Å². The molecule has 0 radical (unpaired) electrons. The van der Waals surface area contributed by atoms with Crippen LogP contribution in [0.5, 0.6) is 0 Å². The molecule has 1 aromatic carbocycles.